The van der Waals surface area contributed by atoms with Crippen molar-refractivity contribution < 1.29 is 9.53 Å². The van der Waals surface area contributed by atoms with E-state index in [9.17, 15) is 4.79 Å². The van der Waals surface area contributed by atoms with E-state index in [1.54, 1.807) is 0 Å². The van der Waals surface area contributed by atoms with Crippen LogP contribution in [-0.2, 0) is 4.74 Å². The van der Waals surface area contributed by atoms with Crippen LogP contribution in [0.4, 0.5) is 4.79 Å². The maximum Gasteiger partial charge on any atom is 0.409 e. The lowest BCUT2D eigenvalue weighted by Crippen LogP contribution is -2.49. The first-order valence-corrected chi connectivity index (χ1v) is 7.17. The summed E-state index contributed by atoms with van der Waals surface area (Å²) in [6, 6.07) is 0.811. The van der Waals surface area contributed by atoms with Crippen molar-refractivity contribution in [3.63, 3.8) is 0 Å². The molecule has 0 aromatic rings. The molecule has 0 atom stereocenters. The number of nitrogens with one attached hydrogen (secondary N) is 1. The summed E-state index contributed by atoms with van der Waals surface area (Å²) in [6.45, 7) is 8.13. The fraction of sp³-hybridized carbons (Fsp3) is 0.923. The summed E-state index contributed by atoms with van der Waals surface area (Å²) >= 11 is 0. The molecule has 0 aromatic heterocycles. The van der Waals surface area contributed by atoms with E-state index in [1.165, 1.54) is 19.3 Å². The molecule has 0 spiro atoms. The molecule has 1 aliphatic heterocycles. The van der Waals surface area contributed by atoms with Gasteiger partial charge in [-0.15, -0.1) is 0 Å². The minimum atomic E-state index is -0.160. The van der Waals surface area contributed by atoms with Gasteiger partial charge in [0.15, 0.2) is 0 Å². The van der Waals surface area contributed by atoms with Crippen molar-refractivity contribution >= 4 is 6.09 Å². The number of hydrogen-bond acceptors (Lipinski definition) is 4. The second-order valence-electron chi connectivity index (χ2n) is 5.11. The Morgan fingerprint density at radius 2 is 2.00 bits per heavy atom. The van der Waals surface area contributed by atoms with Crippen LogP contribution in [0.15, 0.2) is 0 Å². The number of amides is 1. The van der Waals surface area contributed by atoms with Crippen LogP contribution < -0.4 is 5.32 Å². The van der Waals surface area contributed by atoms with Gasteiger partial charge in [-0.25, -0.2) is 4.79 Å². The second-order valence-corrected chi connectivity index (χ2v) is 5.11. The van der Waals surface area contributed by atoms with Crippen molar-refractivity contribution in [2.24, 2.45) is 0 Å². The quantitative estimate of drug-likeness (QED) is 0.716. The Hall–Kier alpha value is -0.810. The predicted molar refractivity (Wildman–Crippen MR) is 70.7 cm³/mol. The number of rotatable bonds is 6. The lowest BCUT2D eigenvalue weighted by Gasteiger charge is -2.34. The molecule has 1 N–H and O–H groups in total. The normalized spacial score (nSPS) is 21.1. The molecule has 1 amide bonds. The lowest BCUT2D eigenvalue weighted by molar-refractivity contribution is 0.0794. The Morgan fingerprint density at radius 1 is 1.28 bits per heavy atom. The van der Waals surface area contributed by atoms with Crippen LogP contribution in [0.5, 0.6) is 0 Å². The van der Waals surface area contributed by atoms with Gasteiger partial charge in [0.05, 0.1) is 6.61 Å². The molecule has 5 nitrogen and oxygen atoms in total. The van der Waals surface area contributed by atoms with Crippen molar-refractivity contribution in [2.75, 3.05) is 45.9 Å². The molecule has 0 aromatic carbocycles. The molecule has 1 saturated carbocycles. The zero-order valence-corrected chi connectivity index (χ0v) is 11.4. The number of hydrogen-bond donors (Lipinski definition) is 1. The van der Waals surface area contributed by atoms with E-state index in [0.29, 0.717) is 6.61 Å². The third-order valence-corrected chi connectivity index (χ3v) is 3.56. The summed E-state index contributed by atoms with van der Waals surface area (Å²) in [6.07, 6.45) is 3.76. The molecule has 1 heterocycles. The zero-order valence-electron chi connectivity index (χ0n) is 11.4. The molecular formula is C13H25N3O2. The van der Waals surface area contributed by atoms with Gasteiger partial charge in [0, 0.05) is 32.2 Å². The summed E-state index contributed by atoms with van der Waals surface area (Å²) in [4.78, 5) is 15.8. The summed E-state index contributed by atoms with van der Waals surface area (Å²) in [5.74, 6) is 0. The third kappa shape index (κ3) is 4.46. The van der Waals surface area contributed by atoms with E-state index in [1.807, 2.05) is 11.8 Å². The van der Waals surface area contributed by atoms with E-state index >= 15 is 0 Å². The summed E-state index contributed by atoms with van der Waals surface area (Å²) in [5.41, 5.74) is 0. The molecule has 5 heteroatoms. The summed E-state index contributed by atoms with van der Waals surface area (Å²) < 4.78 is 5.01. The monoisotopic (exact) mass is 255 g/mol. The van der Waals surface area contributed by atoms with Crippen molar-refractivity contribution in [2.45, 2.75) is 32.2 Å². The first-order valence-electron chi connectivity index (χ1n) is 7.17. The van der Waals surface area contributed by atoms with Gasteiger partial charge in [0.1, 0.15) is 0 Å². The molecule has 1 aliphatic carbocycles. The van der Waals surface area contributed by atoms with Gasteiger partial charge in [-0.2, -0.15) is 0 Å². The molecular weight excluding hydrogens is 230 g/mol. The largest absolute Gasteiger partial charge is 0.450 e. The van der Waals surface area contributed by atoms with Crippen LogP contribution >= 0.6 is 0 Å². The van der Waals surface area contributed by atoms with Gasteiger partial charge >= 0.3 is 6.09 Å². The number of carbonyl (C=O) groups excluding carboxylic acids is 1. The Balaban J connectivity index is 1.53. The number of ether oxygens (including phenoxy) is 1. The fourth-order valence-corrected chi connectivity index (χ4v) is 2.27. The molecule has 2 fully saturated rings. The van der Waals surface area contributed by atoms with Gasteiger partial charge in [-0.1, -0.05) is 0 Å². The predicted octanol–water partition coefficient (Wildman–Crippen LogP) is 0.903. The molecule has 2 aliphatic rings. The van der Waals surface area contributed by atoms with Gasteiger partial charge in [-0.3, -0.25) is 4.90 Å². The maximum atomic E-state index is 11.5. The summed E-state index contributed by atoms with van der Waals surface area (Å²) in [5, 5.41) is 3.53. The van der Waals surface area contributed by atoms with Crippen LogP contribution in [0, 0.1) is 0 Å². The van der Waals surface area contributed by atoms with Crippen LogP contribution in [0.1, 0.15) is 26.2 Å². The highest BCUT2D eigenvalue weighted by Gasteiger charge is 2.22. The van der Waals surface area contributed by atoms with Crippen molar-refractivity contribution in [1.29, 1.82) is 0 Å². The van der Waals surface area contributed by atoms with Crippen LogP contribution in [0.2, 0.25) is 0 Å². The van der Waals surface area contributed by atoms with E-state index in [4.69, 9.17) is 4.74 Å². The van der Waals surface area contributed by atoms with E-state index in [0.717, 1.165) is 45.3 Å². The Labute approximate surface area is 109 Å². The minimum Gasteiger partial charge on any atom is -0.450 e. The average molecular weight is 255 g/mol. The zero-order chi connectivity index (χ0) is 12.8. The number of carbonyl (C=O) groups is 1. The highest BCUT2D eigenvalue weighted by atomic mass is 16.6. The molecule has 18 heavy (non-hydrogen) atoms. The molecule has 0 unspecified atom stereocenters. The standard InChI is InChI=1S/C13H25N3O2/c1-2-18-13(17)16-10-8-15(9-11-16)7-3-6-14-12-4-5-12/h12,14H,2-11H2,1H3. The fourth-order valence-electron chi connectivity index (χ4n) is 2.27. The van der Waals surface area contributed by atoms with Gasteiger partial charge in [-0.05, 0) is 39.3 Å². The average Bonchev–Trinajstić information content (AvgIpc) is 3.20. The SMILES string of the molecule is CCOC(=O)N1CCN(CCCNC2CC2)CC1. The molecule has 1 saturated heterocycles. The molecule has 0 radical (unpaired) electrons. The van der Waals surface area contributed by atoms with Gasteiger partial charge < -0.3 is 15.0 Å². The van der Waals surface area contributed by atoms with Gasteiger partial charge in [0.2, 0.25) is 0 Å². The first kappa shape index (κ1) is 13.6. The smallest absolute Gasteiger partial charge is 0.409 e. The minimum absolute atomic E-state index is 0.160. The lowest BCUT2D eigenvalue weighted by atomic mass is 10.3. The Bertz CT molecular complexity index is 261. The topological polar surface area (TPSA) is 44.8 Å². The molecule has 2 rings (SSSR count). The van der Waals surface area contributed by atoms with Gasteiger partial charge in [0.25, 0.3) is 0 Å². The molecule has 104 valence electrons. The summed E-state index contributed by atoms with van der Waals surface area (Å²) in [7, 11) is 0. The Kier molecular flexibility index (Phi) is 5.26. The molecule has 0 bridgehead atoms. The third-order valence-electron chi connectivity index (χ3n) is 3.56. The maximum absolute atomic E-state index is 11.5. The van der Waals surface area contributed by atoms with Crippen LogP contribution in [0.3, 0.4) is 0 Å². The van der Waals surface area contributed by atoms with E-state index in [-0.39, 0.29) is 6.09 Å². The first-order chi connectivity index (χ1) is 8.79. The second kappa shape index (κ2) is 6.95. The van der Waals surface area contributed by atoms with Crippen LogP contribution in [0.25, 0.3) is 0 Å². The highest BCUT2D eigenvalue weighted by molar-refractivity contribution is 5.67. The van der Waals surface area contributed by atoms with Crippen molar-refractivity contribution in [1.82, 2.24) is 15.1 Å². The number of piperazine rings is 1. The van der Waals surface area contributed by atoms with E-state index < -0.39 is 0 Å². The Morgan fingerprint density at radius 3 is 2.61 bits per heavy atom. The van der Waals surface area contributed by atoms with Crippen molar-refractivity contribution in [3.05, 3.63) is 0 Å². The highest BCUT2D eigenvalue weighted by Crippen LogP contribution is 2.18. The van der Waals surface area contributed by atoms with Crippen molar-refractivity contribution in [3.8, 4) is 0 Å². The van der Waals surface area contributed by atoms with Crippen LogP contribution in [-0.4, -0.2) is 67.8 Å². The van der Waals surface area contributed by atoms with E-state index in [2.05, 4.69) is 10.2 Å². The number of nitrogens with zero attached hydrogens (tertiary/aromatic N) is 2.